The first kappa shape index (κ1) is 24.4. The first-order valence-corrected chi connectivity index (χ1v) is 11.0. The molecule has 190 valence electrons. The molecule has 37 heavy (non-hydrogen) atoms. The number of aromatic amines is 1. The number of aromatic nitrogens is 1. The molecule has 0 saturated carbocycles. The molecule has 0 fully saturated rings. The van der Waals surface area contributed by atoms with Crippen LogP contribution in [0.5, 0.6) is 11.5 Å². The fraction of sp³-hybridized carbons (Fsp3) is 0.111. The Morgan fingerprint density at radius 3 is 1.49 bits per heavy atom. The van der Waals surface area contributed by atoms with Crippen molar-refractivity contribution in [2.75, 3.05) is 4.90 Å². The summed E-state index contributed by atoms with van der Waals surface area (Å²) in [7, 11) is 0. The third kappa shape index (κ3) is 5.42. The molecule has 1 heterocycles. The molecule has 10 heteroatoms. The van der Waals surface area contributed by atoms with E-state index in [1.165, 1.54) is 48.5 Å². The van der Waals surface area contributed by atoms with Crippen LogP contribution in [0.3, 0.4) is 0 Å². The van der Waals surface area contributed by atoms with Gasteiger partial charge in [0.2, 0.25) is 0 Å². The number of halogens is 6. The van der Waals surface area contributed by atoms with Crippen LogP contribution in [-0.4, -0.2) is 17.7 Å². The van der Waals surface area contributed by atoms with Crippen LogP contribution in [0.4, 0.5) is 43.4 Å². The third-order valence-corrected chi connectivity index (χ3v) is 5.65. The van der Waals surface area contributed by atoms with Gasteiger partial charge in [-0.1, -0.05) is 11.6 Å². The lowest BCUT2D eigenvalue weighted by atomic mass is 10.1. The Kier molecular flexibility index (Phi) is 5.89. The number of alkyl halides is 6. The number of anilines is 3. The van der Waals surface area contributed by atoms with Gasteiger partial charge in [-0.2, -0.15) is 0 Å². The molecule has 4 nitrogen and oxygen atoms in total. The summed E-state index contributed by atoms with van der Waals surface area (Å²) in [5.41, 5.74) is 4.46. The molecule has 0 aliphatic rings. The first-order valence-electron chi connectivity index (χ1n) is 11.0. The summed E-state index contributed by atoms with van der Waals surface area (Å²) in [4.78, 5) is 5.06. The zero-order valence-corrected chi connectivity index (χ0v) is 19.1. The van der Waals surface area contributed by atoms with Crippen molar-refractivity contribution in [3.8, 4) is 11.5 Å². The van der Waals surface area contributed by atoms with E-state index in [4.69, 9.17) is 0 Å². The number of aryl methyl sites for hydroxylation is 1. The minimum absolute atomic E-state index is 0.396. The molecule has 5 aromatic rings. The zero-order chi connectivity index (χ0) is 26.4. The van der Waals surface area contributed by atoms with Crippen molar-refractivity contribution in [1.29, 1.82) is 0 Å². The van der Waals surface area contributed by atoms with Crippen LogP contribution in [0.2, 0.25) is 0 Å². The Bertz CT molecular complexity index is 1500. The minimum atomic E-state index is -4.84. The molecule has 0 bridgehead atoms. The van der Waals surface area contributed by atoms with E-state index in [1.54, 1.807) is 4.90 Å². The van der Waals surface area contributed by atoms with Crippen molar-refractivity contribution in [3.05, 3.63) is 90.5 Å². The van der Waals surface area contributed by atoms with Crippen molar-refractivity contribution >= 4 is 38.9 Å². The van der Waals surface area contributed by atoms with Gasteiger partial charge in [0.1, 0.15) is 11.5 Å². The van der Waals surface area contributed by atoms with Gasteiger partial charge in [-0.15, -0.1) is 26.3 Å². The number of ether oxygens (including phenoxy) is 2. The van der Waals surface area contributed by atoms with Crippen molar-refractivity contribution in [2.45, 2.75) is 19.6 Å². The highest BCUT2D eigenvalue weighted by atomic mass is 19.4. The van der Waals surface area contributed by atoms with E-state index in [1.807, 2.05) is 43.3 Å². The van der Waals surface area contributed by atoms with Gasteiger partial charge in [-0.05, 0) is 85.8 Å². The Morgan fingerprint density at radius 2 is 1.00 bits per heavy atom. The molecule has 4 aromatic carbocycles. The molecule has 0 aliphatic heterocycles. The number of benzene rings is 4. The number of hydrogen-bond acceptors (Lipinski definition) is 3. The van der Waals surface area contributed by atoms with E-state index < -0.39 is 24.2 Å². The summed E-state index contributed by atoms with van der Waals surface area (Å²) in [6.45, 7) is 1.98. The van der Waals surface area contributed by atoms with Crippen LogP contribution < -0.4 is 14.4 Å². The smallest absolute Gasteiger partial charge is 0.406 e. The van der Waals surface area contributed by atoms with Gasteiger partial charge in [0.05, 0.1) is 0 Å². The molecule has 1 N–H and O–H groups in total. The van der Waals surface area contributed by atoms with E-state index in [-0.39, 0.29) is 0 Å². The number of nitrogens with zero attached hydrogens (tertiary/aromatic N) is 1. The molecule has 1 aromatic heterocycles. The maximum absolute atomic E-state index is 12.6. The Hall–Kier alpha value is -4.34. The number of hydrogen-bond donors (Lipinski definition) is 1. The lowest BCUT2D eigenvalue weighted by molar-refractivity contribution is -0.275. The van der Waals surface area contributed by atoms with Crippen LogP contribution in [-0.2, 0) is 0 Å². The lowest BCUT2D eigenvalue weighted by Gasteiger charge is -2.26. The lowest BCUT2D eigenvalue weighted by Crippen LogP contribution is -2.17. The highest BCUT2D eigenvalue weighted by Crippen LogP contribution is 2.39. The normalized spacial score (nSPS) is 12.2. The summed E-state index contributed by atoms with van der Waals surface area (Å²) in [5, 5.41) is 1.90. The second-order valence-corrected chi connectivity index (χ2v) is 8.32. The van der Waals surface area contributed by atoms with E-state index in [0.29, 0.717) is 17.1 Å². The van der Waals surface area contributed by atoms with Crippen molar-refractivity contribution in [3.63, 3.8) is 0 Å². The molecule has 0 unspecified atom stereocenters. The topological polar surface area (TPSA) is 37.5 Å². The molecule has 0 radical (unpaired) electrons. The van der Waals surface area contributed by atoms with Gasteiger partial charge in [-0.3, -0.25) is 0 Å². The maximum atomic E-state index is 12.6. The maximum Gasteiger partial charge on any atom is 0.573 e. The number of H-pyrrole nitrogens is 1. The van der Waals surface area contributed by atoms with Crippen LogP contribution >= 0.6 is 0 Å². The van der Waals surface area contributed by atoms with E-state index in [2.05, 4.69) is 14.5 Å². The summed E-state index contributed by atoms with van der Waals surface area (Å²) in [5.74, 6) is -0.791. The quantitative estimate of drug-likeness (QED) is 0.237. The zero-order valence-electron chi connectivity index (χ0n) is 19.1. The predicted molar refractivity (Wildman–Crippen MR) is 129 cm³/mol. The molecule has 0 amide bonds. The van der Waals surface area contributed by atoms with Crippen LogP contribution in [0.1, 0.15) is 5.56 Å². The van der Waals surface area contributed by atoms with Gasteiger partial charge < -0.3 is 19.4 Å². The molecular weight excluding hydrogens is 498 g/mol. The second-order valence-electron chi connectivity index (χ2n) is 8.32. The molecule has 0 spiro atoms. The van der Waals surface area contributed by atoms with E-state index in [9.17, 15) is 26.3 Å². The van der Waals surface area contributed by atoms with Crippen LogP contribution in [0.25, 0.3) is 21.8 Å². The molecule has 0 saturated heterocycles. The fourth-order valence-corrected chi connectivity index (χ4v) is 4.18. The fourth-order valence-electron chi connectivity index (χ4n) is 4.18. The number of fused-ring (bicyclic) bond motifs is 3. The second kappa shape index (κ2) is 8.95. The standard InChI is InChI=1S/C27H18F6N2O2/c1-16-2-12-24-22(14-16)23-15-19(7-13-25(23)34-24)35(17-3-8-20(9-4-17)36-26(28,29)30)18-5-10-21(11-6-18)37-27(31,32)33/h2-15,34H,1H3. The Morgan fingerprint density at radius 1 is 0.568 bits per heavy atom. The van der Waals surface area contributed by atoms with Crippen molar-refractivity contribution in [1.82, 2.24) is 4.98 Å². The molecule has 0 aliphatic carbocycles. The van der Waals surface area contributed by atoms with Gasteiger partial charge in [-0.25, -0.2) is 0 Å². The van der Waals surface area contributed by atoms with Gasteiger partial charge in [0.15, 0.2) is 0 Å². The van der Waals surface area contributed by atoms with E-state index >= 15 is 0 Å². The molecular formula is C27H18F6N2O2. The molecule has 5 rings (SSSR count). The van der Waals surface area contributed by atoms with Crippen molar-refractivity contribution < 1.29 is 35.8 Å². The van der Waals surface area contributed by atoms with Gasteiger partial charge in [0, 0.05) is 38.9 Å². The Balaban J connectivity index is 1.61. The monoisotopic (exact) mass is 516 g/mol. The SMILES string of the molecule is Cc1ccc2[nH]c3ccc(N(c4ccc(OC(F)(F)F)cc4)c4ccc(OC(F)(F)F)cc4)cc3c2c1. The summed E-state index contributed by atoms with van der Waals surface area (Å²) in [6, 6.07) is 22.0. The summed E-state index contributed by atoms with van der Waals surface area (Å²) < 4.78 is 83.7. The van der Waals surface area contributed by atoms with Gasteiger partial charge in [0.25, 0.3) is 0 Å². The van der Waals surface area contributed by atoms with Crippen LogP contribution in [0, 0.1) is 6.92 Å². The summed E-state index contributed by atoms with van der Waals surface area (Å²) >= 11 is 0. The third-order valence-electron chi connectivity index (χ3n) is 5.65. The first-order chi connectivity index (χ1) is 17.4. The van der Waals surface area contributed by atoms with Crippen molar-refractivity contribution in [2.24, 2.45) is 0 Å². The number of nitrogens with one attached hydrogen (secondary N) is 1. The van der Waals surface area contributed by atoms with Gasteiger partial charge >= 0.3 is 12.7 Å². The Labute approximate surface area is 206 Å². The minimum Gasteiger partial charge on any atom is -0.406 e. The highest BCUT2D eigenvalue weighted by molar-refractivity contribution is 6.09. The number of rotatable bonds is 5. The van der Waals surface area contributed by atoms with Crippen LogP contribution in [0.15, 0.2) is 84.9 Å². The average molecular weight is 516 g/mol. The summed E-state index contributed by atoms with van der Waals surface area (Å²) in [6.07, 6.45) is -9.68. The van der Waals surface area contributed by atoms with E-state index in [0.717, 1.165) is 27.4 Å². The average Bonchev–Trinajstić information content (AvgIpc) is 3.17. The highest BCUT2D eigenvalue weighted by Gasteiger charge is 2.32. The molecule has 0 atom stereocenters. The predicted octanol–water partition coefficient (Wildman–Crippen LogP) is 8.90. The largest absolute Gasteiger partial charge is 0.573 e.